The number of amides is 1. The second-order valence-corrected chi connectivity index (χ2v) is 9.86. The van der Waals surface area contributed by atoms with Crippen LogP contribution in [0.15, 0.2) is 53.0 Å². The number of carbonyl (C=O) groups excluding carboxylic acids is 1. The smallest absolute Gasteiger partial charge is 0.410 e. The summed E-state index contributed by atoms with van der Waals surface area (Å²) < 4.78 is 20.2. The van der Waals surface area contributed by atoms with Crippen LogP contribution in [0.3, 0.4) is 0 Å². The molecule has 162 valence electrons. The van der Waals surface area contributed by atoms with Crippen LogP contribution in [0.5, 0.6) is 0 Å². The molecule has 1 fully saturated rings. The van der Waals surface area contributed by atoms with E-state index in [0.717, 1.165) is 15.6 Å². The first-order valence-electron chi connectivity index (χ1n) is 10.3. The van der Waals surface area contributed by atoms with Crippen LogP contribution in [0.4, 0.5) is 9.18 Å². The Balaban J connectivity index is 1.92. The van der Waals surface area contributed by atoms with E-state index in [-0.39, 0.29) is 30.0 Å². The second-order valence-electron chi connectivity index (χ2n) is 9.00. The normalized spacial score (nSPS) is 21.4. The highest BCUT2D eigenvalue weighted by molar-refractivity contribution is 9.10. The SMILES string of the molecule is C[C@@H]1CN(C(=O)OC(C)(C)C)[C@@H](C)CN1C(c1ccc(F)cc1)c1ccccc1Br. The minimum Gasteiger partial charge on any atom is -0.444 e. The van der Waals surface area contributed by atoms with Crippen molar-refractivity contribution in [2.24, 2.45) is 0 Å². The average molecular weight is 477 g/mol. The van der Waals surface area contributed by atoms with Crippen LogP contribution in [0.25, 0.3) is 0 Å². The highest BCUT2D eigenvalue weighted by Crippen LogP contribution is 2.37. The molecular weight excluding hydrogens is 447 g/mol. The largest absolute Gasteiger partial charge is 0.444 e. The molecule has 3 atom stereocenters. The van der Waals surface area contributed by atoms with E-state index < -0.39 is 5.60 Å². The van der Waals surface area contributed by atoms with E-state index in [1.807, 2.05) is 62.9 Å². The van der Waals surface area contributed by atoms with E-state index >= 15 is 0 Å². The molecule has 2 aromatic rings. The number of benzene rings is 2. The molecule has 0 saturated carbocycles. The summed E-state index contributed by atoms with van der Waals surface area (Å²) in [5, 5.41) is 0. The van der Waals surface area contributed by atoms with E-state index in [1.165, 1.54) is 12.1 Å². The summed E-state index contributed by atoms with van der Waals surface area (Å²) in [6.07, 6.45) is -0.277. The van der Waals surface area contributed by atoms with Gasteiger partial charge in [0.25, 0.3) is 0 Å². The highest BCUT2D eigenvalue weighted by Gasteiger charge is 2.38. The van der Waals surface area contributed by atoms with E-state index in [4.69, 9.17) is 4.74 Å². The summed E-state index contributed by atoms with van der Waals surface area (Å²) in [5.74, 6) is -0.249. The molecule has 1 aliphatic rings. The van der Waals surface area contributed by atoms with Gasteiger partial charge in [0.2, 0.25) is 0 Å². The fraction of sp³-hybridized carbons (Fsp3) is 0.458. The van der Waals surface area contributed by atoms with Crippen molar-refractivity contribution < 1.29 is 13.9 Å². The highest BCUT2D eigenvalue weighted by atomic mass is 79.9. The predicted molar refractivity (Wildman–Crippen MR) is 121 cm³/mol. The minimum absolute atomic E-state index is 0.0125. The molecule has 0 bridgehead atoms. The lowest BCUT2D eigenvalue weighted by Crippen LogP contribution is -2.59. The van der Waals surface area contributed by atoms with E-state index in [1.54, 1.807) is 0 Å². The van der Waals surface area contributed by atoms with Gasteiger partial charge in [-0.3, -0.25) is 4.90 Å². The molecule has 1 aliphatic heterocycles. The van der Waals surface area contributed by atoms with Crippen molar-refractivity contribution in [1.29, 1.82) is 0 Å². The number of rotatable bonds is 3. The zero-order valence-corrected chi connectivity index (χ0v) is 19.8. The molecule has 0 radical (unpaired) electrons. The van der Waals surface area contributed by atoms with Crippen LogP contribution in [-0.4, -0.2) is 46.7 Å². The lowest BCUT2D eigenvalue weighted by atomic mass is 9.93. The number of ether oxygens (including phenoxy) is 1. The van der Waals surface area contributed by atoms with Crippen molar-refractivity contribution in [1.82, 2.24) is 9.80 Å². The Bertz CT molecular complexity index is 882. The Kier molecular flexibility index (Phi) is 6.88. The van der Waals surface area contributed by atoms with E-state index in [2.05, 4.69) is 33.8 Å². The Morgan fingerprint density at radius 3 is 2.30 bits per heavy atom. The number of piperazine rings is 1. The van der Waals surface area contributed by atoms with Crippen molar-refractivity contribution in [2.45, 2.75) is 58.3 Å². The average Bonchev–Trinajstić information content (AvgIpc) is 2.66. The van der Waals surface area contributed by atoms with Crippen molar-refractivity contribution >= 4 is 22.0 Å². The standard InChI is InChI=1S/C24H30BrFN2O2/c1-16-15-28(23(29)30-24(3,4)5)17(2)14-27(16)22(18-10-12-19(26)13-11-18)20-8-6-7-9-21(20)25/h6-13,16-17,22H,14-15H2,1-5H3/t16-,17+,22?/m1/s1. The molecule has 0 aliphatic carbocycles. The molecule has 1 amide bonds. The maximum absolute atomic E-state index is 13.6. The van der Waals surface area contributed by atoms with Crippen LogP contribution in [-0.2, 0) is 4.74 Å². The Morgan fingerprint density at radius 2 is 1.70 bits per heavy atom. The first-order chi connectivity index (χ1) is 14.1. The Hall–Kier alpha value is -1.92. The zero-order chi connectivity index (χ0) is 22.1. The van der Waals surface area contributed by atoms with Crippen molar-refractivity contribution in [3.05, 3.63) is 69.9 Å². The first-order valence-corrected chi connectivity index (χ1v) is 11.1. The second kappa shape index (κ2) is 9.06. The van der Waals surface area contributed by atoms with Crippen LogP contribution < -0.4 is 0 Å². The summed E-state index contributed by atoms with van der Waals surface area (Å²) in [5.41, 5.74) is 1.62. The molecule has 3 rings (SSSR count). The first kappa shape index (κ1) is 22.8. The van der Waals surface area contributed by atoms with Gasteiger partial charge in [-0.15, -0.1) is 0 Å². The van der Waals surface area contributed by atoms with Gasteiger partial charge in [-0.1, -0.05) is 46.3 Å². The monoisotopic (exact) mass is 476 g/mol. The van der Waals surface area contributed by atoms with Gasteiger partial charge in [-0.05, 0) is 63.9 Å². The molecule has 0 spiro atoms. The van der Waals surface area contributed by atoms with E-state index in [9.17, 15) is 9.18 Å². The van der Waals surface area contributed by atoms with Gasteiger partial charge in [0.15, 0.2) is 0 Å². The summed E-state index contributed by atoms with van der Waals surface area (Å²) in [4.78, 5) is 16.9. The Labute approximate surface area is 187 Å². The number of nitrogens with zero attached hydrogens (tertiary/aromatic N) is 2. The van der Waals surface area contributed by atoms with Crippen LogP contribution in [0, 0.1) is 5.82 Å². The molecule has 1 unspecified atom stereocenters. The number of hydrogen-bond donors (Lipinski definition) is 0. The predicted octanol–water partition coefficient (Wildman–Crippen LogP) is 6.01. The maximum atomic E-state index is 13.6. The van der Waals surface area contributed by atoms with Crippen LogP contribution in [0.2, 0.25) is 0 Å². The van der Waals surface area contributed by atoms with Gasteiger partial charge >= 0.3 is 6.09 Å². The van der Waals surface area contributed by atoms with Crippen molar-refractivity contribution in [3.8, 4) is 0 Å². The molecule has 0 N–H and O–H groups in total. The lowest BCUT2D eigenvalue weighted by molar-refractivity contribution is -0.0164. The third-order valence-electron chi connectivity index (χ3n) is 5.38. The number of hydrogen-bond acceptors (Lipinski definition) is 3. The molecule has 1 heterocycles. The van der Waals surface area contributed by atoms with Crippen LogP contribution >= 0.6 is 15.9 Å². The van der Waals surface area contributed by atoms with Gasteiger partial charge in [-0.2, -0.15) is 0 Å². The summed E-state index contributed by atoms with van der Waals surface area (Å²) in [7, 11) is 0. The molecule has 30 heavy (non-hydrogen) atoms. The quantitative estimate of drug-likeness (QED) is 0.543. The lowest BCUT2D eigenvalue weighted by Gasteiger charge is -2.47. The van der Waals surface area contributed by atoms with Gasteiger partial charge in [0, 0.05) is 29.6 Å². The van der Waals surface area contributed by atoms with Gasteiger partial charge in [0.05, 0.1) is 6.04 Å². The number of halogens is 2. The molecule has 1 saturated heterocycles. The fourth-order valence-corrected chi connectivity index (χ4v) is 4.48. The van der Waals surface area contributed by atoms with Crippen molar-refractivity contribution in [2.75, 3.05) is 13.1 Å². The molecular formula is C24H30BrFN2O2. The summed E-state index contributed by atoms with van der Waals surface area (Å²) in [6.45, 7) is 11.1. The van der Waals surface area contributed by atoms with Gasteiger partial charge < -0.3 is 9.64 Å². The summed E-state index contributed by atoms with van der Waals surface area (Å²) >= 11 is 3.69. The van der Waals surface area contributed by atoms with Gasteiger partial charge in [0.1, 0.15) is 11.4 Å². The molecule has 0 aromatic heterocycles. The fourth-order valence-electron chi connectivity index (χ4n) is 3.98. The Morgan fingerprint density at radius 1 is 1.07 bits per heavy atom. The molecule has 2 aromatic carbocycles. The zero-order valence-electron chi connectivity index (χ0n) is 18.2. The number of carbonyl (C=O) groups is 1. The maximum Gasteiger partial charge on any atom is 0.410 e. The van der Waals surface area contributed by atoms with E-state index in [0.29, 0.717) is 13.1 Å². The molecule has 4 nitrogen and oxygen atoms in total. The third-order valence-corrected chi connectivity index (χ3v) is 6.10. The topological polar surface area (TPSA) is 32.8 Å². The van der Waals surface area contributed by atoms with Crippen LogP contribution in [0.1, 0.15) is 51.8 Å². The van der Waals surface area contributed by atoms with Crippen molar-refractivity contribution in [3.63, 3.8) is 0 Å². The van der Waals surface area contributed by atoms with Gasteiger partial charge in [-0.25, -0.2) is 9.18 Å². The minimum atomic E-state index is -0.525. The third kappa shape index (κ3) is 5.22. The summed E-state index contributed by atoms with van der Waals surface area (Å²) in [6, 6.07) is 14.8. The molecule has 6 heteroatoms.